The highest BCUT2D eigenvalue weighted by atomic mass is 35.5. The Bertz CT molecular complexity index is 361. The minimum atomic E-state index is -0.230. The maximum atomic E-state index is 11.6. The van der Waals surface area contributed by atoms with Gasteiger partial charge in [0.05, 0.1) is 4.34 Å². The van der Waals surface area contributed by atoms with Gasteiger partial charge in [0.15, 0.2) is 0 Å². The van der Waals surface area contributed by atoms with Crippen LogP contribution in [0.5, 0.6) is 0 Å². The number of rotatable bonds is 4. The maximum absolute atomic E-state index is 11.6. The van der Waals surface area contributed by atoms with Crippen molar-refractivity contribution in [2.24, 2.45) is 0 Å². The lowest BCUT2D eigenvalue weighted by Crippen LogP contribution is -2.35. The van der Waals surface area contributed by atoms with Crippen molar-refractivity contribution in [2.75, 3.05) is 13.2 Å². The average molecular weight is 260 g/mol. The summed E-state index contributed by atoms with van der Waals surface area (Å²) in [6, 6.07) is 3.87. The van der Waals surface area contributed by atoms with Gasteiger partial charge in [0.25, 0.3) is 0 Å². The van der Waals surface area contributed by atoms with Crippen LogP contribution in [0.4, 0.5) is 0 Å². The van der Waals surface area contributed by atoms with Crippen molar-refractivity contribution in [3.05, 3.63) is 21.3 Å². The van der Waals surface area contributed by atoms with Gasteiger partial charge in [-0.15, -0.1) is 11.3 Å². The van der Waals surface area contributed by atoms with Gasteiger partial charge in [0, 0.05) is 18.0 Å². The van der Waals surface area contributed by atoms with Gasteiger partial charge in [-0.05, 0) is 31.4 Å². The zero-order chi connectivity index (χ0) is 11.4. The Morgan fingerprint density at radius 3 is 3.12 bits per heavy atom. The molecule has 2 rings (SSSR count). The van der Waals surface area contributed by atoms with Crippen LogP contribution in [-0.4, -0.2) is 25.2 Å². The van der Waals surface area contributed by atoms with Crippen molar-refractivity contribution < 1.29 is 9.53 Å². The molecule has 1 aromatic rings. The summed E-state index contributed by atoms with van der Waals surface area (Å²) in [5.41, 5.74) is 0. The van der Waals surface area contributed by atoms with Crippen molar-refractivity contribution in [3.8, 4) is 0 Å². The first-order valence-electron chi connectivity index (χ1n) is 5.39. The van der Waals surface area contributed by atoms with Crippen LogP contribution in [0.25, 0.3) is 0 Å². The molecule has 1 aliphatic rings. The van der Waals surface area contributed by atoms with Crippen molar-refractivity contribution in [3.63, 3.8) is 0 Å². The van der Waals surface area contributed by atoms with E-state index in [2.05, 4.69) is 5.32 Å². The molecular formula is C11H14ClNO2S. The van der Waals surface area contributed by atoms with Crippen molar-refractivity contribution in [1.29, 1.82) is 0 Å². The Labute approximate surface area is 104 Å². The van der Waals surface area contributed by atoms with Crippen LogP contribution >= 0.6 is 22.9 Å². The molecule has 0 saturated carbocycles. The number of halogens is 1. The Morgan fingerprint density at radius 2 is 2.50 bits per heavy atom. The number of ether oxygens (including phenoxy) is 1. The fraction of sp³-hybridized carbons (Fsp3) is 0.545. The largest absolute Gasteiger partial charge is 0.368 e. The Kier molecular flexibility index (Phi) is 4.21. The number of thiophene rings is 1. The van der Waals surface area contributed by atoms with Gasteiger partial charge in [-0.1, -0.05) is 11.6 Å². The highest BCUT2D eigenvalue weighted by Gasteiger charge is 2.22. The molecule has 3 nitrogen and oxygen atoms in total. The molecule has 0 aromatic carbocycles. The average Bonchev–Trinajstić information content (AvgIpc) is 2.89. The molecule has 1 fully saturated rings. The SMILES string of the molecule is O=C(NCCc1ccc(Cl)s1)C1CCCO1. The summed E-state index contributed by atoms with van der Waals surface area (Å²) in [7, 11) is 0. The molecule has 1 amide bonds. The molecule has 0 radical (unpaired) electrons. The van der Waals surface area contributed by atoms with Gasteiger partial charge in [0.1, 0.15) is 6.10 Å². The summed E-state index contributed by atoms with van der Waals surface area (Å²) in [5.74, 6) is 0.0140. The number of hydrogen-bond donors (Lipinski definition) is 1. The monoisotopic (exact) mass is 259 g/mol. The Hall–Kier alpha value is -0.580. The molecular weight excluding hydrogens is 246 g/mol. The maximum Gasteiger partial charge on any atom is 0.249 e. The molecule has 16 heavy (non-hydrogen) atoms. The third kappa shape index (κ3) is 3.20. The normalized spacial score (nSPS) is 19.9. The first-order valence-corrected chi connectivity index (χ1v) is 6.58. The molecule has 1 unspecified atom stereocenters. The van der Waals surface area contributed by atoms with E-state index >= 15 is 0 Å². The summed E-state index contributed by atoms with van der Waals surface area (Å²) >= 11 is 7.37. The molecule has 0 spiro atoms. The number of nitrogens with one attached hydrogen (secondary N) is 1. The van der Waals surface area contributed by atoms with Gasteiger partial charge in [-0.3, -0.25) is 4.79 Å². The second kappa shape index (κ2) is 5.66. The van der Waals surface area contributed by atoms with Crippen molar-refractivity contribution in [2.45, 2.75) is 25.4 Å². The second-order valence-electron chi connectivity index (χ2n) is 3.75. The van der Waals surface area contributed by atoms with Crippen LogP contribution in [-0.2, 0) is 16.0 Å². The van der Waals surface area contributed by atoms with Crippen LogP contribution in [0, 0.1) is 0 Å². The summed E-state index contributed by atoms with van der Waals surface area (Å²) in [6.07, 6.45) is 2.43. The van der Waals surface area contributed by atoms with Crippen LogP contribution in [0.3, 0.4) is 0 Å². The van der Waals surface area contributed by atoms with Crippen LogP contribution < -0.4 is 5.32 Å². The minimum Gasteiger partial charge on any atom is -0.368 e. The lowest BCUT2D eigenvalue weighted by atomic mass is 10.2. The fourth-order valence-corrected chi connectivity index (χ4v) is 2.78. The van der Waals surface area contributed by atoms with Crippen molar-refractivity contribution in [1.82, 2.24) is 5.32 Å². The zero-order valence-corrected chi connectivity index (χ0v) is 10.4. The lowest BCUT2D eigenvalue weighted by molar-refractivity contribution is -0.129. The van der Waals surface area contributed by atoms with Gasteiger partial charge < -0.3 is 10.1 Å². The topological polar surface area (TPSA) is 38.3 Å². The van der Waals surface area contributed by atoms with E-state index in [-0.39, 0.29) is 12.0 Å². The predicted molar refractivity (Wildman–Crippen MR) is 65.0 cm³/mol. The Morgan fingerprint density at radius 1 is 1.62 bits per heavy atom. The highest BCUT2D eigenvalue weighted by molar-refractivity contribution is 7.16. The third-order valence-corrected chi connectivity index (χ3v) is 3.81. The van der Waals surface area contributed by atoms with Crippen LogP contribution in [0.1, 0.15) is 17.7 Å². The van der Waals surface area contributed by atoms with E-state index in [1.807, 2.05) is 12.1 Å². The molecule has 1 atom stereocenters. The van der Waals surface area contributed by atoms with Crippen LogP contribution in [0.15, 0.2) is 12.1 Å². The van der Waals surface area contributed by atoms with E-state index in [1.54, 1.807) is 11.3 Å². The van der Waals surface area contributed by atoms with E-state index < -0.39 is 0 Å². The van der Waals surface area contributed by atoms with E-state index in [9.17, 15) is 4.79 Å². The van der Waals surface area contributed by atoms with Gasteiger partial charge >= 0.3 is 0 Å². The molecule has 1 aliphatic heterocycles. The minimum absolute atomic E-state index is 0.0140. The molecule has 1 N–H and O–H groups in total. The molecule has 88 valence electrons. The summed E-state index contributed by atoms with van der Waals surface area (Å²) in [5, 5.41) is 2.88. The van der Waals surface area contributed by atoms with E-state index in [0.29, 0.717) is 13.2 Å². The first-order chi connectivity index (χ1) is 7.75. The highest BCUT2D eigenvalue weighted by Crippen LogP contribution is 2.21. The third-order valence-electron chi connectivity index (χ3n) is 2.52. The zero-order valence-electron chi connectivity index (χ0n) is 8.87. The number of amides is 1. The van der Waals surface area contributed by atoms with Gasteiger partial charge in [0.2, 0.25) is 5.91 Å². The number of carbonyl (C=O) groups excluding carboxylic acids is 1. The molecule has 1 aromatic heterocycles. The molecule has 0 bridgehead atoms. The van der Waals surface area contributed by atoms with E-state index in [0.717, 1.165) is 23.6 Å². The van der Waals surface area contributed by atoms with Crippen molar-refractivity contribution >= 4 is 28.8 Å². The van der Waals surface area contributed by atoms with E-state index in [4.69, 9.17) is 16.3 Å². The first kappa shape index (κ1) is 11.9. The second-order valence-corrected chi connectivity index (χ2v) is 5.55. The fourth-order valence-electron chi connectivity index (χ4n) is 1.69. The smallest absolute Gasteiger partial charge is 0.249 e. The summed E-state index contributed by atoms with van der Waals surface area (Å²) in [4.78, 5) is 12.8. The lowest BCUT2D eigenvalue weighted by Gasteiger charge is -2.09. The number of hydrogen-bond acceptors (Lipinski definition) is 3. The summed E-state index contributed by atoms with van der Waals surface area (Å²) < 4.78 is 6.08. The van der Waals surface area contributed by atoms with Gasteiger partial charge in [-0.2, -0.15) is 0 Å². The number of carbonyl (C=O) groups is 1. The quantitative estimate of drug-likeness (QED) is 0.901. The molecule has 5 heteroatoms. The predicted octanol–water partition coefficient (Wildman–Crippen LogP) is 2.24. The summed E-state index contributed by atoms with van der Waals surface area (Å²) in [6.45, 7) is 1.36. The van der Waals surface area contributed by atoms with Gasteiger partial charge in [-0.25, -0.2) is 0 Å². The van der Waals surface area contributed by atoms with Crippen LogP contribution in [0.2, 0.25) is 4.34 Å². The molecule has 0 aliphatic carbocycles. The standard InChI is InChI=1S/C11H14ClNO2S/c12-10-4-3-8(16-10)5-6-13-11(14)9-2-1-7-15-9/h3-4,9H,1-2,5-7H2,(H,13,14). The van der Waals surface area contributed by atoms with E-state index in [1.165, 1.54) is 4.88 Å². The Balaban J connectivity index is 1.69. The molecule has 1 saturated heterocycles. The molecule has 2 heterocycles.